The predicted molar refractivity (Wildman–Crippen MR) is 119 cm³/mol. The smallest absolute Gasteiger partial charge is 0.338 e. The summed E-state index contributed by atoms with van der Waals surface area (Å²) in [5.74, 6) is 1.03. The fourth-order valence-corrected chi connectivity index (χ4v) is 3.80. The Labute approximate surface area is 188 Å². The van der Waals surface area contributed by atoms with Gasteiger partial charge in [-0.15, -0.1) is 0 Å². The summed E-state index contributed by atoms with van der Waals surface area (Å²) >= 11 is 0. The summed E-state index contributed by atoms with van der Waals surface area (Å²) in [7, 11) is 0. The summed E-state index contributed by atoms with van der Waals surface area (Å²) in [5.41, 5.74) is 0.922. The first kappa shape index (κ1) is 22.0. The monoisotopic (exact) mass is 439 g/mol. The van der Waals surface area contributed by atoms with Gasteiger partial charge in [0.15, 0.2) is 18.1 Å². The fourth-order valence-electron chi connectivity index (χ4n) is 3.80. The molecule has 1 aliphatic carbocycles. The second-order valence-electron chi connectivity index (χ2n) is 8.66. The maximum atomic E-state index is 12.2. The molecular formula is C25H29NO6. The summed E-state index contributed by atoms with van der Waals surface area (Å²) in [5, 5.41) is 2.73. The highest BCUT2D eigenvalue weighted by Gasteiger charge is 2.44. The lowest BCUT2D eigenvalue weighted by Gasteiger charge is -2.21. The molecule has 2 aromatic rings. The number of rotatable bonds is 8. The number of esters is 1. The molecular weight excluding hydrogens is 410 g/mol. The number of carbonyl (C=O) groups excluding carboxylic acids is 2. The van der Waals surface area contributed by atoms with Crippen LogP contribution < -0.4 is 19.5 Å². The van der Waals surface area contributed by atoms with Crippen LogP contribution in [0.4, 0.5) is 5.69 Å². The van der Waals surface area contributed by atoms with Gasteiger partial charge in [-0.05, 0) is 61.6 Å². The lowest BCUT2D eigenvalue weighted by molar-refractivity contribution is -0.119. The highest BCUT2D eigenvalue weighted by molar-refractivity contribution is 5.95. The quantitative estimate of drug-likeness (QED) is 0.586. The van der Waals surface area contributed by atoms with E-state index in [2.05, 4.69) is 19.2 Å². The molecule has 32 heavy (non-hydrogen) atoms. The lowest BCUT2D eigenvalue weighted by atomic mass is 10.1. The number of fused-ring (bicyclic) bond motifs is 1. The Morgan fingerprint density at radius 1 is 1.03 bits per heavy atom. The van der Waals surface area contributed by atoms with Crippen LogP contribution in [-0.4, -0.2) is 30.9 Å². The van der Waals surface area contributed by atoms with Crippen molar-refractivity contribution >= 4 is 17.6 Å². The Kier molecular flexibility index (Phi) is 6.53. The fraction of sp³-hybridized carbons (Fsp3) is 0.440. The van der Waals surface area contributed by atoms with Gasteiger partial charge in [-0.25, -0.2) is 4.79 Å². The van der Waals surface area contributed by atoms with Crippen molar-refractivity contribution in [3.05, 3.63) is 48.0 Å². The van der Waals surface area contributed by atoms with Crippen molar-refractivity contribution < 1.29 is 28.5 Å². The molecule has 4 rings (SSSR count). The second-order valence-corrected chi connectivity index (χ2v) is 8.66. The molecule has 1 amide bonds. The number of hydrogen-bond acceptors (Lipinski definition) is 6. The van der Waals surface area contributed by atoms with E-state index in [1.54, 1.807) is 42.5 Å². The third kappa shape index (κ3) is 5.33. The predicted octanol–water partition coefficient (Wildman–Crippen LogP) is 4.95. The number of nitrogens with one attached hydrogen (secondary N) is 1. The van der Waals surface area contributed by atoms with Crippen molar-refractivity contribution in [2.45, 2.75) is 51.7 Å². The zero-order valence-corrected chi connectivity index (χ0v) is 18.5. The van der Waals surface area contributed by atoms with Gasteiger partial charge in [-0.3, -0.25) is 4.79 Å². The van der Waals surface area contributed by atoms with E-state index in [0.717, 1.165) is 32.1 Å². The molecule has 1 aliphatic heterocycles. The molecule has 0 aromatic heterocycles. The molecule has 0 unspecified atom stereocenters. The van der Waals surface area contributed by atoms with Gasteiger partial charge in [-0.1, -0.05) is 13.8 Å². The molecule has 170 valence electrons. The molecule has 1 heterocycles. The highest BCUT2D eigenvalue weighted by atomic mass is 16.7. The van der Waals surface area contributed by atoms with Crippen molar-refractivity contribution in [2.75, 3.05) is 18.5 Å². The zero-order chi connectivity index (χ0) is 22.6. The maximum Gasteiger partial charge on any atom is 0.338 e. The second kappa shape index (κ2) is 9.51. The van der Waals surface area contributed by atoms with Crippen LogP contribution in [0.15, 0.2) is 42.5 Å². The minimum absolute atomic E-state index is 0.360. The standard InChI is InChI=1S/C25H29NO6/c1-17(2)11-14-29-20-8-5-18(6-9-20)24(28)30-16-23(27)26-19-7-10-21-22(15-19)32-25(31-21)12-3-4-13-25/h5-10,15,17H,3-4,11-14,16H2,1-2H3,(H,26,27). The van der Waals surface area contributed by atoms with Crippen molar-refractivity contribution in [1.29, 1.82) is 0 Å². The van der Waals surface area contributed by atoms with Gasteiger partial charge in [0.2, 0.25) is 0 Å². The van der Waals surface area contributed by atoms with Crippen LogP contribution in [0.25, 0.3) is 0 Å². The molecule has 7 nitrogen and oxygen atoms in total. The average molecular weight is 440 g/mol. The van der Waals surface area contributed by atoms with E-state index in [-0.39, 0.29) is 6.61 Å². The van der Waals surface area contributed by atoms with Gasteiger partial charge in [0.05, 0.1) is 12.2 Å². The number of benzene rings is 2. The van der Waals surface area contributed by atoms with Crippen molar-refractivity contribution in [3.63, 3.8) is 0 Å². The third-order valence-corrected chi connectivity index (χ3v) is 5.57. The Morgan fingerprint density at radius 3 is 2.47 bits per heavy atom. The van der Waals surface area contributed by atoms with Gasteiger partial charge in [-0.2, -0.15) is 0 Å². The van der Waals surface area contributed by atoms with Crippen LogP contribution in [0, 0.1) is 5.92 Å². The third-order valence-electron chi connectivity index (χ3n) is 5.57. The highest BCUT2D eigenvalue weighted by Crippen LogP contribution is 2.47. The van der Waals surface area contributed by atoms with Gasteiger partial charge in [0.1, 0.15) is 5.75 Å². The summed E-state index contributed by atoms with van der Waals surface area (Å²) in [4.78, 5) is 24.5. The van der Waals surface area contributed by atoms with Crippen molar-refractivity contribution in [2.24, 2.45) is 5.92 Å². The van der Waals surface area contributed by atoms with Gasteiger partial charge in [0.25, 0.3) is 11.7 Å². The van der Waals surface area contributed by atoms with E-state index < -0.39 is 17.7 Å². The molecule has 2 aromatic carbocycles. The van der Waals surface area contributed by atoms with Gasteiger partial charge >= 0.3 is 5.97 Å². The maximum absolute atomic E-state index is 12.2. The Bertz CT molecular complexity index is 963. The molecule has 0 radical (unpaired) electrons. The number of anilines is 1. The minimum atomic E-state index is -0.567. The Morgan fingerprint density at radius 2 is 1.75 bits per heavy atom. The van der Waals surface area contributed by atoms with Crippen LogP contribution in [0.1, 0.15) is 56.3 Å². The SMILES string of the molecule is CC(C)CCOc1ccc(C(=O)OCC(=O)Nc2ccc3c(c2)OC2(CCCC2)O3)cc1. The first-order valence-electron chi connectivity index (χ1n) is 11.1. The van der Waals surface area contributed by atoms with Gasteiger partial charge < -0.3 is 24.3 Å². The van der Waals surface area contributed by atoms with Crippen molar-refractivity contribution in [1.82, 2.24) is 0 Å². The first-order valence-corrected chi connectivity index (χ1v) is 11.1. The zero-order valence-electron chi connectivity index (χ0n) is 18.5. The summed E-state index contributed by atoms with van der Waals surface area (Å²) in [6.45, 7) is 4.51. The molecule has 1 saturated carbocycles. The van der Waals surface area contributed by atoms with Crippen LogP contribution in [0.3, 0.4) is 0 Å². The van der Waals surface area contributed by atoms with E-state index >= 15 is 0 Å². The molecule has 1 fully saturated rings. The number of ether oxygens (including phenoxy) is 4. The number of hydrogen-bond donors (Lipinski definition) is 1. The van der Waals surface area contributed by atoms with E-state index in [4.69, 9.17) is 18.9 Å². The Balaban J connectivity index is 1.24. The summed E-state index contributed by atoms with van der Waals surface area (Å²) < 4.78 is 22.8. The molecule has 0 bridgehead atoms. The Hall–Kier alpha value is -3.22. The van der Waals surface area contributed by atoms with Gasteiger partial charge in [0, 0.05) is 24.6 Å². The normalized spacial score (nSPS) is 15.7. The lowest BCUT2D eigenvalue weighted by Crippen LogP contribution is -2.34. The van der Waals surface area contributed by atoms with Crippen LogP contribution >= 0.6 is 0 Å². The molecule has 2 aliphatic rings. The minimum Gasteiger partial charge on any atom is -0.494 e. The number of carbonyl (C=O) groups is 2. The average Bonchev–Trinajstić information content (AvgIpc) is 3.37. The van der Waals surface area contributed by atoms with E-state index in [1.165, 1.54) is 0 Å². The largest absolute Gasteiger partial charge is 0.494 e. The van der Waals surface area contributed by atoms with Crippen LogP contribution in [0.2, 0.25) is 0 Å². The summed E-state index contributed by atoms with van der Waals surface area (Å²) in [6, 6.07) is 12.0. The topological polar surface area (TPSA) is 83.1 Å². The van der Waals surface area contributed by atoms with E-state index in [9.17, 15) is 9.59 Å². The van der Waals surface area contributed by atoms with Crippen LogP contribution in [-0.2, 0) is 9.53 Å². The van der Waals surface area contributed by atoms with E-state index in [0.29, 0.717) is 41.0 Å². The number of amides is 1. The first-order chi connectivity index (χ1) is 15.4. The molecule has 1 N–H and O–H groups in total. The summed E-state index contributed by atoms with van der Waals surface area (Å²) in [6.07, 6.45) is 4.85. The van der Waals surface area contributed by atoms with Crippen LogP contribution in [0.5, 0.6) is 17.2 Å². The molecule has 7 heteroatoms. The molecule has 1 spiro atoms. The molecule has 0 saturated heterocycles. The molecule has 0 atom stereocenters. The van der Waals surface area contributed by atoms with Crippen molar-refractivity contribution in [3.8, 4) is 17.2 Å². The van der Waals surface area contributed by atoms with E-state index in [1.807, 2.05) is 0 Å².